The third-order valence-electron chi connectivity index (χ3n) is 2.97. The maximum Gasteiger partial charge on any atom is 0.218 e. The van der Waals surface area contributed by atoms with Crippen molar-refractivity contribution in [3.63, 3.8) is 0 Å². The van der Waals surface area contributed by atoms with Gasteiger partial charge in [-0.3, -0.25) is 0 Å². The minimum atomic E-state index is -3.20. The van der Waals surface area contributed by atoms with Crippen LogP contribution in [0.3, 0.4) is 0 Å². The second-order valence-electron chi connectivity index (χ2n) is 4.59. The predicted octanol–water partition coefficient (Wildman–Crippen LogP) is 1.97. The lowest BCUT2D eigenvalue weighted by atomic mass is 10.1. The second-order valence-corrected chi connectivity index (χ2v) is 6.56. The molecule has 19 heavy (non-hydrogen) atoms. The summed E-state index contributed by atoms with van der Waals surface area (Å²) in [7, 11) is -1.30. The Kier molecular flexibility index (Phi) is 6.48. The van der Waals surface area contributed by atoms with Crippen molar-refractivity contribution < 1.29 is 8.42 Å². The normalized spacial score (nSPS) is 12.0. The molecule has 108 valence electrons. The molecule has 0 fully saturated rings. The van der Waals surface area contributed by atoms with Gasteiger partial charge in [0.05, 0.1) is 5.75 Å². The molecule has 0 unspecified atom stereocenters. The van der Waals surface area contributed by atoms with Crippen LogP contribution in [-0.4, -0.2) is 32.9 Å². The van der Waals surface area contributed by atoms with Gasteiger partial charge in [-0.05, 0) is 24.6 Å². The van der Waals surface area contributed by atoms with Gasteiger partial charge in [-0.2, -0.15) is 0 Å². The van der Waals surface area contributed by atoms with Crippen molar-refractivity contribution in [2.45, 2.75) is 32.6 Å². The van der Waals surface area contributed by atoms with Gasteiger partial charge in [0.15, 0.2) is 0 Å². The highest BCUT2D eigenvalue weighted by molar-refractivity contribution is 7.88. The highest BCUT2D eigenvalue weighted by atomic mass is 32.2. The zero-order chi connectivity index (χ0) is 14.3. The Balaban J connectivity index is 2.77. The lowest BCUT2D eigenvalue weighted by molar-refractivity contribution is 0.426. The minimum Gasteiger partial charge on any atom is -0.316 e. The number of benzene rings is 1. The van der Waals surface area contributed by atoms with Gasteiger partial charge < -0.3 is 5.32 Å². The summed E-state index contributed by atoms with van der Waals surface area (Å²) < 4.78 is 26.0. The van der Waals surface area contributed by atoms with E-state index in [4.69, 9.17) is 0 Å². The second kappa shape index (κ2) is 7.62. The molecule has 1 rings (SSSR count). The fourth-order valence-electron chi connectivity index (χ4n) is 2.00. The van der Waals surface area contributed by atoms with Crippen LogP contribution in [0.5, 0.6) is 0 Å². The molecule has 0 saturated carbocycles. The standard InChI is InChI=1S/C14H24N2O2S/c1-4-10-16(5-2)19(17,18)12-14-8-6-13(7-9-14)11-15-3/h6-9,15H,4-5,10-12H2,1-3H3. The summed E-state index contributed by atoms with van der Waals surface area (Å²) in [6.07, 6.45) is 0.841. The molecule has 1 aromatic carbocycles. The van der Waals surface area contributed by atoms with Gasteiger partial charge in [0.2, 0.25) is 10.0 Å². The van der Waals surface area contributed by atoms with Crippen LogP contribution >= 0.6 is 0 Å². The molecule has 0 aromatic heterocycles. The summed E-state index contributed by atoms with van der Waals surface area (Å²) in [5.74, 6) is 0.0840. The SMILES string of the molecule is CCCN(CC)S(=O)(=O)Cc1ccc(CNC)cc1. The molecular weight excluding hydrogens is 260 g/mol. The highest BCUT2D eigenvalue weighted by Gasteiger charge is 2.19. The first kappa shape index (κ1) is 16.1. The summed E-state index contributed by atoms with van der Waals surface area (Å²) >= 11 is 0. The number of nitrogens with zero attached hydrogens (tertiary/aromatic N) is 1. The smallest absolute Gasteiger partial charge is 0.218 e. The molecule has 0 aliphatic rings. The van der Waals surface area contributed by atoms with E-state index >= 15 is 0 Å². The lowest BCUT2D eigenvalue weighted by Crippen LogP contribution is -2.32. The third-order valence-corrected chi connectivity index (χ3v) is 4.90. The Bertz CT molecular complexity index is 469. The van der Waals surface area contributed by atoms with Gasteiger partial charge in [-0.25, -0.2) is 12.7 Å². The molecule has 0 heterocycles. The van der Waals surface area contributed by atoms with Crippen LogP contribution in [-0.2, 0) is 22.3 Å². The summed E-state index contributed by atoms with van der Waals surface area (Å²) in [4.78, 5) is 0. The molecule has 0 aliphatic carbocycles. The number of nitrogens with one attached hydrogen (secondary N) is 1. The Morgan fingerprint density at radius 1 is 1.11 bits per heavy atom. The first-order chi connectivity index (χ1) is 9.03. The van der Waals surface area contributed by atoms with Crippen LogP contribution in [0.25, 0.3) is 0 Å². The summed E-state index contributed by atoms with van der Waals surface area (Å²) in [5, 5.41) is 3.07. The highest BCUT2D eigenvalue weighted by Crippen LogP contribution is 2.12. The molecule has 1 N–H and O–H groups in total. The molecule has 0 amide bonds. The van der Waals surface area contributed by atoms with Crippen molar-refractivity contribution in [3.05, 3.63) is 35.4 Å². The lowest BCUT2D eigenvalue weighted by Gasteiger charge is -2.19. The van der Waals surface area contributed by atoms with Crippen molar-refractivity contribution in [2.75, 3.05) is 20.1 Å². The molecular formula is C14H24N2O2S. The topological polar surface area (TPSA) is 49.4 Å². The van der Waals surface area contributed by atoms with E-state index in [-0.39, 0.29) is 5.75 Å². The van der Waals surface area contributed by atoms with Crippen LogP contribution in [0.2, 0.25) is 0 Å². The minimum absolute atomic E-state index is 0.0840. The Morgan fingerprint density at radius 3 is 2.16 bits per heavy atom. The number of hydrogen-bond acceptors (Lipinski definition) is 3. The fraction of sp³-hybridized carbons (Fsp3) is 0.571. The summed E-state index contributed by atoms with van der Waals surface area (Å²) in [6, 6.07) is 7.73. The number of sulfonamides is 1. The number of rotatable bonds is 8. The van der Waals surface area contributed by atoms with E-state index in [1.807, 2.05) is 45.2 Å². The zero-order valence-corrected chi connectivity index (χ0v) is 12.8. The van der Waals surface area contributed by atoms with Gasteiger partial charge in [-0.1, -0.05) is 38.1 Å². The molecule has 0 aliphatic heterocycles. The van der Waals surface area contributed by atoms with Crippen LogP contribution in [0, 0.1) is 0 Å². The van der Waals surface area contributed by atoms with Crippen LogP contribution in [0.15, 0.2) is 24.3 Å². The average Bonchev–Trinajstić information content (AvgIpc) is 2.38. The predicted molar refractivity (Wildman–Crippen MR) is 79.4 cm³/mol. The van der Waals surface area contributed by atoms with Crippen LogP contribution in [0.4, 0.5) is 0 Å². The third kappa shape index (κ3) is 4.93. The summed E-state index contributed by atoms with van der Waals surface area (Å²) in [6.45, 7) is 5.79. The van der Waals surface area contributed by atoms with Crippen molar-refractivity contribution in [1.82, 2.24) is 9.62 Å². The maximum atomic E-state index is 12.2. The van der Waals surface area contributed by atoms with Crippen molar-refractivity contribution in [3.8, 4) is 0 Å². The van der Waals surface area contributed by atoms with Crippen LogP contribution < -0.4 is 5.32 Å². The van der Waals surface area contributed by atoms with E-state index in [2.05, 4.69) is 5.32 Å². The quantitative estimate of drug-likeness (QED) is 0.794. The molecule has 0 saturated heterocycles. The Labute approximate surface area is 116 Å². The first-order valence-electron chi connectivity index (χ1n) is 6.73. The van der Waals surface area contributed by atoms with Crippen molar-refractivity contribution in [1.29, 1.82) is 0 Å². The van der Waals surface area contributed by atoms with E-state index in [1.165, 1.54) is 0 Å². The zero-order valence-electron chi connectivity index (χ0n) is 12.0. The molecule has 0 atom stereocenters. The molecule has 4 nitrogen and oxygen atoms in total. The molecule has 5 heteroatoms. The average molecular weight is 284 g/mol. The van der Waals surface area contributed by atoms with Gasteiger partial charge in [0, 0.05) is 19.6 Å². The monoisotopic (exact) mass is 284 g/mol. The Hall–Kier alpha value is -0.910. The van der Waals surface area contributed by atoms with Gasteiger partial charge in [-0.15, -0.1) is 0 Å². The Morgan fingerprint density at radius 2 is 1.68 bits per heavy atom. The van der Waals surface area contributed by atoms with Gasteiger partial charge >= 0.3 is 0 Å². The van der Waals surface area contributed by atoms with E-state index in [0.717, 1.165) is 24.1 Å². The van der Waals surface area contributed by atoms with E-state index < -0.39 is 10.0 Å². The van der Waals surface area contributed by atoms with E-state index in [1.54, 1.807) is 4.31 Å². The maximum absolute atomic E-state index is 12.2. The first-order valence-corrected chi connectivity index (χ1v) is 8.34. The molecule has 0 spiro atoms. The van der Waals surface area contributed by atoms with Crippen molar-refractivity contribution >= 4 is 10.0 Å². The van der Waals surface area contributed by atoms with Gasteiger partial charge in [0.1, 0.15) is 0 Å². The molecule has 0 bridgehead atoms. The molecule has 1 aromatic rings. The van der Waals surface area contributed by atoms with Crippen molar-refractivity contribution in [2.24, 2.45) is 0 Å². The van der Waals surface area contributed by atoms with Gasteiger partial charge in [0.25, 0.3) is 0 Å². The van der Waals surface area contributed by atoms with E-state index in [9.17, 15) is 8.42 Å². The molecule has 0 radical (unpaired) electrons. The number of hydrogen-bond donors (Lipinski definition) is 1. The summed E-state index contributed by atoms with van der Waals surface area (Å²) in [5.41, 5.74) is 2.00. The largest absolute Gasteiger partial charge is 0.316 e. The van der Waals surface area contributed by atoms with E-state index in [0.29, 0.717) is 13.1 Å². The fourth-order valence-corrected chi connectivity index (χ4v) is 3.65. The van der Waals surface area contributed by atoms with Crippen LogP contribution in [0.1, 0.15) is 31.4 Å².